The molecular formula is C19H22N4. The number of piperidine rings is 1. The van der Waals surface area contributed by atoms with Crippen molar-refractivity contribution in [2.24, 2.45) is 0 Å². The second kappa shape index (κ2) is 5.78. The van der Waals surface area contributed by atoms with Gasteiger partial charge in [0.25, 0.3) is 0 Å². The molecule has 0 bridgehead atoms. The summed E-state index contributed by atoms with van der Waals surface area (Å²) in [6.45, 7) is 6.34. The number of pyridine rings is 1. The fourth-order valence-corrected chi connectivity index (χ4v) is 3.51. The summed E-state index contributed by atoms with van der Waals surface area (Å²) in [5.74, 6) is 1.06. The number of aryl methyl sites for hydroxylation is 2. The summed E-state index contributed by atoms with van der Waals surface area (Å²) in [6.07, 6.45) is 4.20. The van der Waals surface area contributed by atoms with Gasteiger partial charge >= 0.3 is 0 Å². The fourth-order valence-electron chi connectivity index (χ4n) is 3.51. The number of hydrogen-bond donors (Lipinski definition) is 1. The van der Waals surface area contributed by atoms with Crippen molar-refractivity contribution in [2.45, 2.75) is 32.7 Å². The lowest BCUT2D eigenvalue weighted by Gasteiger charge is -2.26. The van der Waals surface area contributed by atoms with E-state index in [9.17, 15) is 0 Å². The van der Waals surface area contributed by atoms with Crippen LogP contribution in [-0.2, 0) is 0 Å². The van der Waals surface area contributed by atoms with E-state index in [-0.39, 0.29) is 0 Å². The topological polar surface area (TPSA) is 42.7 Å². The van der Waals surface area contributed by atoms with Gasteiger partial charge in [0.15, 0.2) is 5.65 Å². The van der Waals surface area contributed by atoms with Crippen LogP contribution in [0, 0.1) is 13.8 Å². The summed E-state index contributed by atoms with van der Waals surface area (Å²) in [4.78, 5) is 9.67. The molecule has 1 saturated heterocycles. The minimum absolute atomic E-state index is 0.464. The first kappa shape index (κ1) is 14.4. The molecule has 1 fully saturated rings. The molecule has 1 aliphatic heterocycles. The van der Waals surface area contributed by atoms with E-state index in [4.69, 9.17) is 9.97 Å². The molecule has 3 aromatic rings. The van der Waals surface area contributed by atoms with Crippen molar-refractivity contribution in [2.75, 3.05) is 13.1 Å². The van der Waals surface area contributed by atoms with E-state index in [1.165, 1.54) is 11.1 Å². The zero-order valence-corrected chi connectivity index (χ0v) is 13.7. The summed E-state index contributed by atoms with van der Waals surface area (Å²) < 4.78 is 2.37. The van der Waals surface area contributed by atoms with Crippen molar-refractivity contribution >= 4 is 11.2 Å². The molecule has 0 spiro atoms. The molecule has 4 nitrogen and oxygen atoms in total. The largest absolute Gasteiger partial charge is 0.317 e. The van der Waals surface area contributed by atoms with Crippen LogP contribution in [0.4, 0.5) is 0 Å². The third-order valence-corrected chi connectivity index (χ3v) is 4.73. The summed E-state index contributed by atoms with van der Waals surface area (Å²) in [5, 5.41) is 3.45. The Morgan fingerprint density at radius 3 is 2.70 bits per heavy atom. The van der Waals surface area contributed by atoms with Gasteiger partial charge in [-0.05, 0) is 57.0 Å². The Kier molecular flexibility index (Phi) is 3.62. The van der Waals surface area contributed by atoms with E-state index >= 15 is 0 Å². The Hall–Kier alpha value is -2.20. The predicted molar refractivity (Wildman–Crippen MR) is 93.6 cm³/mol. The van der Waals surface area contributed by atoms with Crippen molar-refractivity contribution in [3.8, 4) is 11.4 Å². The number of hydrogen-bond acceptors (Lipinski definition) is 3. The van der Waals surface area contributed by atoms with E-state index < -0.39 is 0 Å². The minimum Gasteiger partial charge on any atom is -0.317 e. The van der Waals surface area contributed by atoms with Crippen LogP contribution in [0.5, 0.6) is 0 Å². The van der Waals surface area contributed by atoms with Crippen LogP contribution in [0.2, 0.25) is 0 Å². The molecule has 23 heavy (non-hydrogen) atoms. The average molecular weight is 306 g/mol. The number of nitrogens with zero attached hydrogens (tertiary/aromatic N) is 3. The Bertz CT molecular complexity index is 844. The average Bonchev–Trinajstić information content (AvgIpc) is 2.94. The van der Waals surface area contributed by atoms with Crippen molar-refractivity contribution in [3.63, 3.8) is 0 Å². The lowest BCUT2D eigenvalue weighted by molar-refractivity contribution is 0.376. The van der Waals surface area contributed by atoms with Crippen LogP contribution < -0.4 is 5.32 Å². The van der Waals surface area contributed by atoms with Gasteiger partial charge in [-0.1, -0.05) is 24.3 Å². The summed E-state index contributed by atoms with van der Waals surface area (Å²) in [5.41, 5.74) is 5.64. The van der Waals surface area contributed by atoms with Crippen LogP contribution in [0.3, 0.4) is 0 Å². The van der Waals surface area contributed by atoms with Crippen molar-refractivity contribution in [1.82, 2.24) is 19.9 Å². The smallest absolute Gasteiger partial charge is 0.160 e. The molecule has 0 radical (unpaired) electrons. The number of rotatable bonds is 2. The fraction of sp³-hybridized carbons (Fsp3) is 0.368. The standard InChI is InChI=1S/C19H22N4/c1-13-11-17-19(21-12-13)23(15-7-9-20-10-8-15)18(22-17)16-6-4-3-5-14(16)2/h3-6,11-12,15,20H,7-10H2,1-2H3. The van der Waals surface area contributed by atoms with Crippen LogP contribution in [-0.4, -0.2) is 27.6 Å². The highest BCUT2D eigenvalue weighted by molar-refractivity contribution is 5.78. The number of aromatic nitrogens is 3. The predicted octanol–water partition coefficient (Wildman–Crippen LogP) is 3.64. The molecule has 0 atom stereocenters. The van der Waals surface area contributed by atoms with Gasteiger partial charge in [0.05, 0.1) is 0 Å². The maximum atomic E-state index is 4.96. The molecule has 1 aliphatic rings. The van der Waals surface area contributed by atoms with Gasteiger partial charge in [-0.2, -0.15) is 0 Å². The first-order chi connectivity index (χ1) is 11.2. The lowest BCUT2D eigenvalue weighted by Crippen LogP contribution is -2.29. The second-order valence-corrected chi connectivity index (χ2v) is 6.46. The Balaban J connectivity index is 1.96. The molecule has 1 N–H and O–H groups in total. The molecule has 0 amide bonds. The van der Waals surface area contributed by atoms with Gasteiger partial charge in [-0.25, -0.2) is 9.97 Å². The maximum Gasteiger partial charge on any atom is 0.160 e. The highest BCUT2D eigenvalue weighted by Crippen LogP contribution is 2.32. The third-order valence-electron chi connectivity index (χ3n) is 4.73. The number of imidazole rings is 1. The summed E-state index contributed by atoms with van der Waals surface area (Å²) >= 11 is 0. The highest BCUT2D eigenvalue weighted by Gasteiger charge is 2.23. The molecule has 4 heteroatoms. The first-order valence-corrected chi connectivity index (χ1v) is 8.35. The molecule has 4 rings (SSSR count). The van der Waals surface area contributed by atoms with E-state index in [1.54, 1.807) is 0 Å². The van der Waals surface area contributed by atoms with Gasteiger partial charge in [-0.15, -0.1) is 0 Å². The summed E-state index contributed by atoms with van der Waals surface area (Å²) in [6, 6.07) is 11.1. The monoisotopic (exact) mass is 306 g/mol. The van der Waals surface area contributed by atoms with Crippen LogP contribution in [0.25, 0.3) is 22.6 Å². The lowest BCUT2D eigenvalue weighted by atomic mass is 10.0. The second-order valence-electron chi connectivity index (χ2n) is 6.46. The normalized spacial score (nSPS) is 16.1. The van der Waals surface area contributed by atoms with E-state index in [1.807, 2.05) is 6.20 Å². The number of benzene rings is 1. The zero-order valence-electron chi connectivity index (χ0n) is 13.7. The highest BCUT2D eigenvalue weighted by atomic mass is 15.2. The molecule has 2 aromatic heterocycles. The Morgan fingerprint density at radius 2 is 1.91 bits per heavy atom. The Labute approximate surface area is 136 Å². The van der Waals surface area contributed by atoms with Crippen LogP contribution in [0.1, 0.15) is 30.0 Å². The van der Waals surface area contributed by atoms with Crippen LogP contribution >= 0.6 is 0 Å². The van der Waals surface area contributed by atoms with Gasteiger partial charge < -0.3 is 9.88 Å². The molecular weight excluding hydrogens is 284 g/mol. The van der Waals surface area contributed by atoms with Crippen LogP contribution in [0.15, 0.2) is 36.5 Å². The third kappa shape index (κ3) is 2.53. The van der Waals surface area contributed by atoms with Gasteiger partial charge in [0.1, 0.15) is 11.3 Å². The molecule has 3 heterocycles. The van der Waals surface area contributed by atoms with E-state index in [0.717, 1.165) is 48.5 Å². The molecule has 1 aromatic carbocycles. The number of nitrogens with one attached hydrogen (secondary N) is 1. The minimum atomic E-state index is 0.464. The zero-order chi connectivity index (χ0) is 15.8. The molecule has 0 aliphatic carbocycles. The van der Waals surface area contributed by atoms with Gasteiger partial charge in [0, 0.05) is 17.8 Å². The van der Waals surface area contributed by atoms with Gasteiger partial charge in [0.2, 0.25) is 0 Å². The SMILES string of the molecule is Cc1cnc2c(c1)nc(-c1ccccc1C)n2C1CCNCC1. The number of fused-ring (bicyclic) bond motifs is 1. The van der Waals surface area contributed by atoms with Gasteiger partial charge in [-0.3, -0.25) is 0 Å². The quantitative estimate of drug-likeness (QED) is 0.786. The molecule has 0 saturated carbocycles. The maximum absolute atomic E-state index is 4.96. The van der Waals surface area contributed by atoms with E-state index in [2.05, 4.69) is 54.1 Å². The first-order valence-electron chi connectivity index (χ1n) is 8.35. The molecule has 118 valence electrons. The van der Waals surface area contributed by atoms with Crippen molar-refractivity contribution in [1.29, 1.82) is 0 Å². The Morgan fingerprint density at radius 1 is 1.13 bits per heavy atom. The van der Waals surface area contributed by atoms with Crippen molar-refractivity contribution < 1.29 is 0 Å². The van der Waals surface area contributed by atoms with E-state index in [0.29, 0.717) is 6.04 Å². The summed E-state index contributed by atoms with van der Waals surface area (Å²) in [7, 11) is 0. The van der Waals surface area contributed by atoms with Crippen molar-refractivity contribution in [3.05, 3.63) is 47.7 Å². The molecule has 0 unspecified atom stereocenters.